The van der Waals surface area contributed by atoms with Gasteiger partial charge in [0, 0.05) is 13.0 Å². The lowest BCUT2D eigenvalue weighted by atomic mass is 9.98. The fourth-order valence-electron chi connectivity index (χ4n) is 2.93. The molecular weight excluding hydrogens is 420 g/mol. The van der Waals surface area contributed by atoms with Crippen molar-refractivity contribution in [1.29, 1.82) is 0 Å². The molecule has 0 saturated carbocycles. The van der Waals surface area contributed by atoms with Gasteiger partial charge < -0.3 is 20.1 Å². The number of alkyl carbamates (subject to hydrolysis) is 2. The molecule has 7 nitrogen and oxygen atoms in total. The maximum atomic E-state index is 12.6. The molecule has 0 radical (unpaired) electrons. The third-order valence-electron chi connectivity index (χ3n) is 4.54. The van der Waals surface area contributed by atoms with Crippen molar-refractivity contribution in [2.45, 2.75) is 58.9 Å². The van der Waals surface area contributed by atoms with Gasteiger partial charge >= 0.3 is 12.2 Å². The van der Waals surface area contributed by atoms with Gasteiger partial charge in [0.15, 0.2) is 5.78 Å². The van der Waals surface area contributed by atoms with Gasteiger partial charge in [0.05, 0.1) is 6.04 Å². The van der Waals surface area contributed by atoms with Crippen molar-refractivity contribution in [2.24, 2.45) is 0 Å². The van der Waals surface area contributed by atoms with Crippen molar-refractivity contribution in [3.63, 3.8) is 0 Å². The quantitative estimate of drug-likeness (QED) is 0.538. The van der Waals surface area contributed by atoms with Crippen LogP contribution in [0, 0.1) is 0 Å². The Balaban J connectivity index is 1.94. The second-order valence-electron chi connectivity index (χ2n) is 8.78. The molecule has 0 fully saturated rings. The number of benzene rings is 2. The first kappa shape index (κ1) is 25.6. The predicted molar refractivity (Wildman–Crippen MR) is 127 cm³/mol. The van der Waals surface area contributed by atoms with E-state index in [1.54, 1.807) is 27.7 Å². The SMILES string of the molecule is C=C(C)C(=O)[C@H](Cc1ccc(CNC(=O)OC(C)(C)C)cc1)NC(=O)OCc1ccccc1. The van der Waals surface area contributed by atoms with Crippen LogP contribution in [0.15, 0.2) is 66.7 Å². The Morgan fingerprint density at radius 2 is 1.52 bits per heavy atom. The predicted octanol–water partition coefficient (Wildman–Crippen LogP) is 4.69. The first-order valence-corrected chi connectivity index (χ1v) is 10.7. The van der Waals surface area contributed by atoms with E-state index in [1.807, 2.05) is 54.6 Å². The van der Waals surface area contributed by atoms with Crippen LogP contribution >= 0.6 is 0 Å². The number of carbonyl (C=O) groups excluding carboxylic acids is 3. The van der Waals surface area contributed by atoms with E-state index >= 15 is 0 Å². The summed E-state index contributed by atoms with van der Waals surface area (Å²) in [5.74, 6) is -0.262. The Morgan fingerprint density at radius 1 is 0.909 bits per heavy atom. The summed E-state index contributed by atoms with van der Waals surface area (Å²) in [5, 5.41) is 5.35. The molecule has 0 aliphatic rings. The normalized spacial score (nSPS) is 11.8. The fourth-order valence-corrected chi connectivity index (χ4v) is 2.93. The minimum atomic E-state index is -0.795. The molecule has 0 bridgehead atoms. The summed E-state index contributed by atoms with van der Waals surface area (Å²) in [6.45, 7) is 11.1. The molecule has 0 aromatic heterocycles. The van der Waals surface area contributed by atoms with Crippen LogP contribution in [0.4, 0.5) is 9.59 Å². The lowest BCUT2D eigenvalue weighted by Gasteiger charge is -2.20. The fraction of sp³-hybridized carbons (Fsp3) is 0.346. The van der Waals surface area contributed by atoms with E-state index in [0.717, 1.165) is 16.7 Å². The summed E-state index contributed by atoms with van der Waals surface area (Å²) < 4.78 is 10.5. The van der Waals surface area contributed by atoms with Crippen LogP contribution in [-0.4, -0.2) is 29.6 Å². The Bertz CT molecular complexity index is 962. The average Bonchev–Trinajstić information content (AvgIpc) is 2.75. The molecule has 0 spiro atoms. The Kier molecular flexibility index (Phi) is 9.21. The minimum Gasteiger partial charge on any atom is -0.445 e. The molecule has 2 aromatic rings. The van der Waals surface area contributed by atoms with E-state index < -0.39 is 23.8 Å². The zero-order valence-electron chi connectivity index (χ0n) is 19.6. The number of ketones is 1. The van der Waals surface area contributed by atoms with E-state index in [4.69, 9.17) is 9.47 Å². The van der Waals surface area contributed by atoms with Crippen LogP contribution in [0.3, 0.4) is 0 Å². The molecule has 2 aromatic carbocycles. The highest BCUT2D eigenvalue weighted by Gasteiger charge is 2.22. The third-order valence-corrected chi connectivity index (χ3v) is 4.54. The molecule has 1 atom stereocenters. The lowest BCUT2D eigenvalue weighted by Crippen LogP contribution is -2.42. The van der Waals surface area contributed by atoms with Gasteiger partial charge in [0.25, 0.3) is 0 Å². The van der Waals surface area contributed by atoms with Crippen molar-refractivity contribution < 1.29 is 23.9 Å². The summed E-state index contributed by atoms with van der Waals surface area (Å²) in [6.07, 6.45) is -0.875. The molecule has 33 heavy (non-hydrogen) atoms. The van der Waals surface area contributed by atoms with Crippen LogP contribution in [0.25, 0.3) is 0 Å². The number of hydrogen-bond acceptors (Lipinski definition) is 5. The highest BCUT2D eigenvalue weighted by molar-refractivity contribution is 6.00. The van der Waals surface area contributed by atoms with E-state index in [1.165, 1.54) is 0 Å². The summed E-state index contributed by atoms with van der Waals surface area (Å²) in [5.41, 5.74) is 2.36. The molecule has 7 heteroatoms. The molecule has 2 N–H and O–H groups in total. The van der Waals surface area contributed by atoms with Crippen LogP contribution in [-0.2, 0) is 33.8 Å². The van der Waals surface area contributed by atoms with Gasteiger partial charge in [-0.1, -0.05) is 61.2 Å². The molecule has 2 amide bonds. The summed E-state index contributed by atoms with van der Waals surface area (Å²) >= 11 is 0. The minimum absolute atomic E-state index is 0.111. The molecule has 0 saturated heterocycles. The zero-order valence-corrected chi connectivity index (χ0v) is 19.6. The van der Waals surface area contributed by atoms with Crippen LogP contribution < -0.4 is 10.6 Å². The Labute approximate surface area is 195 Å². The first-order chi connectivity index (χ1) is 15.5. The van der Waals surface area contributed by atoms with Gasteiger partial charge in [-0.15, -0.1) is 0 Å². The van der Waals surface area contributed by atoms with Crippen molar-refractivity contribution >= 4 is 18.0 Å². The smallest absolute Gasteiger partial charge is 0.408 e. The number of carbonyl (C=O) groups is 3. The van der Waals surface area contributed by atoms with Crippen molar-refractivity contribution in [3.8, 4) is 0 Å². The summed E-state index contributed by atoms with van der Waals surface area (Å²) in [6, 6.07) is 15.9. The Hall–Kier alpha value is -3.61. The molecule has 0 unspecified atom stereocenters. The van der Waals surface area contributed by atoms with Crippen molar-refractivity contribution in [3.05, 3.63) is 83.4 Å². The molecule has 0 heterocycles. The molecule has 0 aliphatic heterocycles. The van der Waals surface area contributed by atoms with E-state index in [2.05, 4.69) is 17.2 Å². The van der Waals surface area contributed by atoms with Crippen molar-refractivity contribution in [2.75, 3.05) is 0 Å². The maximum Gasteiger partial charge on any atom is 0.408 e. The van der Waals surface area contributed by atoms with Gasteiger partial charge in [-0.05, 0) is 50.0 Å². The van der Waals surface area contributed by atoms with Gasteiger partial charge in [-0.3, -0.25) is 4.79 Å². The molecule has 0 aliphatic carbocycles. The third kappa shape index (κ3) is 9.60. The second kappa shape index (κ2) is 11.9. The zero-order chi connectivity index (χ0) is 24.4. The number of Topliss-reactive ketones (excluding diaryl/α,β-unsaturated/α-hetero) is 1. The van der Waals surface area contributed by atoms with Crippen LogP contribution in [0.2, 0.25) is 0 Å². The highest BCUT2D eigenvalue weighted by atomic mass is 16.6. The standard InChI is InChI=1S/C26H32N2O5/c1-18(2)23(29)22(28-25(31)32-17-21-9-7-6-8-10-21)15-19-11-13-20(14-12-19)16-27-24(30)33-26(3,4)5/h6-14,22H,1,15-17H2,2-5H3,(H,27,30)(H,28,31)/t22-/m0/s1. The van der Waals surface area contributed by atoms with Gasteiger partial charge in [0.1, 0.15) is 12.2 Å². The van der Waals surface area contributed by atoms with Gasteiger partial charge in [0.2, 0.25) is 0 Å². The molecule has 2 rings (SSSR count). The van der Waals surface area contributed by atoms with Gasteiger partial charge in [-0.25, -0.2) is 9.59 Å². The highest BCUT2D eigenvalue weighted by Crippen LogP contribution is 2.11. The monoisotopic (exact) mass is 452 g/mol. The average molecular weight is 453 g/mol. The maximum absolute atomic E-state index is 12.6. The number of hydrogen-bond donors (Lipinski definition) is 2. The van der Waals surface area contributed by atoms with Crippen LogP contribution in [0.5, 0.6) is 0 Å². The topological polar surface area (TPSA) is 93.7 Å². The van der Waals surface area contributed by atoms with Crippen LogP contribution in [0.1, 0.15) is 44.4 Å². The molecular formula is C26H32N2O5. The van der Waals surface area contributed by atoms with E-state index in [-0.39, 0.29) is 18.8 Å². The summed E-state index contributed by atoms with van der Waals surface area (Å²) in [4.78, 5) is 36.7. The Morgan fingerprint density at radius 3 is 2.09 bits per heavy atom. The van der Waals surface area contributed by atoms with E-state index in [0.29, 0.717) is 12.1 Å². The first-order valence-electron chi connectivity index (χ1n) is 10.7. The number of rotatable bonds is 9. The van der Waals surface area contributed by atoms with Crippen molar-refractivity contribution in [1.82, 2.24) is 10.6 Å². The van der Waals surface area contributed by atoms with E-state index in [9.17, 15) is 14.4 Å². The molecule has 176 valence electrons. The van der Waals surface area contributed by atoms with Gasteiger partial charge in [-0.2, -0.15) is 0 Å². The number of amides is 2. The second-order valence-corrected chi connectivity index (χ2v) is 8.78. The number of nitrogens with one attached hydrogen (secondary N) is 2. The lowest BCUT2D eigenvalue weighted by molar-refractivity contribution is -0.117. The largest absolute Gasteiger partial charge is 0.445 e. The summed E-state index contributed by atoms with van der Waals surface area (Å²) in [7, 11) is 0. The number of ether oxygens (including phenoxy) is 2.